The highest BCUT2D eigenvalue weighted by Gasteiger charge is 2.13. The Morgan fingerprint density at radius 2 is 1.71 bits per heavy atom. The number of methoxy groups -OCH3 is 1. The summed E-state index contributed by atoms with van der Waals surface area (Å²) in [5, 5.41) is 17.6. The number of carbonyl (C=O) groups is 1. The van der Waals surface area contributed by atoms with Crippen molar-refractivity contribution in [2.75, 3.05) is 7.11 Å². The van der Waals surface area contributed by atoms with Crippen molar-refractivity contribution in [3.8, 4) is 23.6 Å². The van der Waals surface area contributed by atoms with Crippen LogP contribution in [0.1, 0.15) is 21.5 Å². The van der Waals surface area contributed by atoms with Gasteiger partial charge in [-0.15, -0.1) is 0 Å². The van der Waals surface area contributed by atoms with E-state index in [0.717, 1.165) is 0 Å². The fourth-order valence-corrected chi connectivity index (χ4v) is 1.70. The van der Waals surface area contributed by atoms with Gasteiger partial charge in [-0.3, -0.25) is 0 Å². The van der Waals surface area contributed by atoms with E-state index in [1.54, 1.807) is 18.2 Å². The van der Waals surface area contributed by atoms with E-state index in [4.69, 9.17) is 20.0 Å². The summed E-state index contributed by atoms with van der Waals surface area (Å²) < 4.78 is 10.3. The number of ether oxygens (including phenoxy) is 2. The Labute approximate surface area is 121 Å². The van der Waals surface area contributed by atoms with Crippen LogP contribution in [0.5, 0.6) is 11.5 Å². The van der Waals surface area contributed by atoms with Crippen LogP contribution in [-0.4, -0.2) is 13.1 Å². The van der Waals surface area contributed by atoms with Gasteiger partial charge in [-0.05, 0) is 30.3 Å². The van der Waals surface area contributed by atoms with E-state index in [9.17, 15) is 4.79 Å². The van der Waals surface area contributed by atoms with Crippen LogP contribution in [0, 0.1) is 22.7 Å². The summed E-state index contributed by atoms with van der Waals surface area (Å²) in [4.78, 5) is 12.1. The Kier molecular flexibility index (Phi) is 4.18. The SMILES string of the molecule is COc1cc(C#N)ccc1OC(=O)c1cccc(C#N)c1. The summed E-state index contributed by atoms with van der Waals surface area (Å²) >= 11 is 0. The van der Waals surface area contributed by atoms with Gasteiger partial charge in [0.15, 0.2) is 11.5 Å². The van der Waals surface area contributed by atoms with Crippen LogP contribution >= 0.6 is 0 Å². The lowest BCUT2D eigenvalue weighted by Gasteiger charge is -2.09. The van der Waals surface area contributed by atoms with Crippen LogP contribution in [0.4, 0.5) is 0 Å². The molecule has 0 amide bonds. The van der Waals surface area contributed by atoms with E-state index in [-0.39, 0.29) is 11.3 Å². The smallest absolute Gasteiger partial charge is 0.343 e. The first-order valence-electron chi connectivity index (χ1n) is 5.98. The molecule has 0 aliphatic rings. The van der Waals surface area contributed by atoms with E-state index in [0.29, 0.717) is 16.9 Å². The second-order valence-electron chi connectivity index (χ2n) is 4.06. The number of nitriles is 2. The standard InChI is InChI=1S/C16H10N2O3/c1-20-15-8-12(10-18)5-6-14(15)21-16(19)13-4-2-3-11(7-13)9-17/h2-8H,1H3. The van der Waals surface area contributed by atoms with Gasteiger partial charge in [0.2, 0.25) is 0 Å². The van der Waals surface area contributed by atoms with E-state index in [2.05, 4.69) is 0 Å². The molecule has 0 fully saturated rings. The average Bonchev–Trinajstić information content (AvgIpc) is 2.55. The lowest BCUT2D eigenvalue weighted by Crippen LogP contribution is -2.09. The molecule has 0 aromatic heterocycles. The number of nitrogens with zero attached hydrogens (tertiary/aromatic N) is 2. The predicted molar refractivity (Wildman–Crippen MR) is 73.8 cm³/mol. The fourth-order valence-electron chi connectivity index (χ4n) is 1.70. The molecule has 0 saturated heterocycles. The average molecular weight is 278 g/mol. The molecule has 0 aliphatic carbocycles. The second kappa shape index (κ2) is 6.23. The van der Waals surface area contributed by atoms with E-state index in [1.807, 2.05) is 12.1 Å². The molecule has 2 aromatic rings. The van der Waals surface area contributed by atoms with Crippen LogP contribution in [0.2, 0.25) is 0 Å². The van der Waals surface area contributed by atoms with E-state index in [1.165, 1.54) is 31.4 Å². The van der Waals surface area contributed by atoms with Crippen molar-refractivity contribution in [3.05, 3.63) is 59.2 Å². The van der Waals surface area contributed by atoms with Crippen LogP contribution < -0.4 is 9.47 Å². The highest BCUT2D eigenvalue weighted by molar-refractivity contribution is 5.91. The van der Waals surface area contributed by atoms with Gasteiger partial charge < -0.3 is 9.47 Å². The summed E-state index contributed by atoms with van der Waals surface area (Å²) in [6.45, 7) is 0. The quantitative estimate of drug-likeness (QED) is 0.636. The Bertz CT molecular complexity index is 770. The number of rotatable bonds is 3. The predicted octanol–water partition coefficient (Wildman–Crippen LogP) is 2.66. The molecule has 0 bridgehead atoms. The first-order valence-corrected chi connectivity index (χ1v) is 5.98. The highest BCUT2D eigenvalue weighted by Crippen LogP contribution is 2.28. The summed E-state index contributed by atoms with van der Waals surface area (Å²) in [6, 6.07) is 14.6. The molecule has 5 heteroatoms. The molecule has 102 valence electrons. The van der Waals surface area contributed by atoms with Crippen molar-refractivity contribution in [1.29, 1.82) is 10.5 Å². The largest absolute Gasteiger partial charge is 0.493 e. The molecule has 0 saturated carbocycles. The summed E-state index contributed by atoms with van der Waals surface area (Å²) in [6.07, 6.45) is 0. The number of hydrogen-bond acceptors (Lipinski definition) is 5. The van der Waals surface area contributed by atoms with E-state index < -0.39 is 5.97 Å². The topological polar surface area (TPSA) is 83.1 Å². The lowest BCUT2D eigenvalue weighted by atomic mass is 10.1. The zero-order chi connectivity index (χ0) is 15.2. The Morgan fingerprint density at radius 1 is 1.00 bits per heavy atom. The highest BCUT2D eigenvalue weighted by atomic mass is 16.6. The minimum Gasteiger partial charge on any atom is -0.493 e. The molecular weight excluding hydrogens is 268 g/mol. The fraction of sp³-hybridized carbons (Fsp3) is 0.0625. The van der Waals surface area contributed by atoms with Crippen molar-refractivity contribution in [3.63, 3.8) is 0 Å². The van der Waals surface area contributed by atoms with Crippen LogP contribution in [0.25, 0.3) is 0 Å². The van der Waals surface area contributed by atoms with Gasteiger partial charge in [0.25, 0.3) is 0 Å². The number of benzene rings is 2. The monoisotopic (exact) mass is 278 g/mol. The van der Waals surface area contributed by atoms with Gasteiger partial charge in [-0.1, -0.05) is 6.07 Å². The van der Waals surface area contributed by atoms with Gasteiger partial charge in [0, 0.05) is 6.07 Å². The third-order valence-corrected chi connectivity index (χ3v) is 2.72. The summed E-state index contributed by atoms with van der Waals surface area (Å²) in [5.74, 6) is -0.0993. The molecule has 5 nitrogen and oxygen atoms in total. The van der Waals surface area contributed by atoms with Gasteiger partial charge in [0.05, 0.1) is 35.9 Å². The Morgan fingerprint density at radius 3 is 2.38 bits per heavy atom. The van der Waals surface area contributed by atoms with Crippen molar-refractivity contribution in [1.82, 2.24) is 0 Å². The minimum absolute atomic E-state index is 0.212. The summed E-state index contributed by atoms with van der Waals surface area (Å²) in [7, 11) is 1.42. The Hall–Kier alpha value is -3.31. The third-order valence-electron chi connectivity index (χ3n) is 2.72. The molecule has 0 atom stereocenters. The molecule has 2 rings (SSSR count). The van der Waals surface area contributed by atoms with Crippen LogP contribution in [0.15, 0.2) is 42.5 Å². The third kappa shape index (κ3) is 3.17. The zero-order valence-electron chi connectivity index (χ0n) is 11.2. The van der Waals surface area contributed by atoms with Crippen molar-refractivity contribution >= 4 is 5.97 Å². The first kappa shape index (κ1) is 14.1. The number of esters is 1. The molecule has 0 N–H and O–H groups in total. The molecule has 2 aromatic carbocycles. The normalized spacial score (nSPS) is 9.29. The zero-order valence-corrected chi connectivity index (χ0v) is 11.2. The maximum Gasteiger partial charge on any atom is 0.343 e. The molecular formula is C16H10N2O3. The van der Waals surface area contributed by atoms with Gasteiger partial charge in [-0.2, -0.15) is 10.5 Å². The number of hydrogen-bond donors (Lipinski definition) is 0. The van der Waals surface area contributed by atoms with Crippen molar-refractivity contribution < 1.29 is 14.3 Å². The lowest BCUT2D eigenvalue weighted by molar-refractivity contribution is 0.0729. The summed E-state index contributed by atoms with van der Waals surface area (Å²) in [5.41, 5.74) is 1.04. The van der Waals surface area contributed by atoms with Gasteiger partial charge in [0.1, 0.15) is 0 Å². The molecule has 0 unspecified atom stereocenters. The molecule has 21 heavy (non-hydrogen) atoms. The number of carbonyl (C=O) groups excluding carboxylic acids is 1. The maximum absolute atomic E-state index is 12.1. The first-order chi connectivity index (χ1) is 10.2. The van der Waals surface area contributed by atoms with Gasteiger partial charge in [-0.25, -0.2) is 4.79 Å². The van der Waals surface area contributed by atoms with Crippen LogP contribution in [-0.2, 0) is 0 Å². The van der Waals surface area contributed by atoms with Crippen molar-refractivity contribution in [2.24, 2.45) is 0 Å². The molecule has 0 heterocycles. The van der Waals surface area contributed by atoms with Gasteiger partial charge >= 0.3 is 5.97 Å². The maximum atomic E-state index is 12.1. The van der Waals surface area contributed by atoms with Crippen LogP contribution in [0.3, 0.4) is 0 Å². The molecule has 0 spiro atoms. The molecule has 0 radical (unpaired) electrons. The minimum atomic E-state index is -0.602. The second-order valence-corrected chi connectivity index (χ2v) is 4.06. The molecule has 0 aliphatic heterocycles. The van der Waals surface area contributed by atoms with E-state index >= 15 is 0 Å². The van der Waals surface area contributed by atoms with Crippen molar-refractivity contribution in [2.45, 2.75) is 0 Å². The Balaban J connectivity index is 2.27.